The van der Waals surface area contributed by atoms with E-state index in [9.17, 15) is 4.79 Å². The molecule has 0 bridgehead atoms. The van der Waals surface area contributed by atoms with E-state index in [-0.39, 0.29) is 5.97 Å². The number of aryl methyl sites for hydroxylation is 1. The first-order chi connectivity index (χ1) is 11.2. The van der Waals surface area contributed by atoms with Gasteiger partial charge in [0.05, 0.1) is 0 Å². The molecule has 2 aromatic carbocycles. The fourth-order valence-corrected chi connectivity index (χ4v) is 3.39. The first kappa shape index (κ1) is 15.8. The molecule has 0 N–H and O–H groups in total. The molecule has 1 fully saturated rings. The lowest BCUT2D eigenvalue weighted by Gasteiger charge is -2.20. The molecule has 2 heteroatoms. The van der Waals surface area contributed by atoms with Crippen LogP contribution in [0.2, 0.25) is 0 Å². The van der Waals surface area contributed by atoms with Crippen LogP contribution < -0.4 is 4.74 Å². The van der Waals surface area contributed by atoms with Gasteiger partial charge >= 0.3 is 5.97 Å². The van der Waals surface area contributed by atoms with E-state index in [4.69, 9.17) is 4.74 Å². The molecule has 0 radical (unpaired) electrons. The van der Waals surface area contributed by atoms with E-state index in [1.54, 1.807) is 0 Å². The molecule has 0 unspecified atom stereocenters. The highest BCUT2D eigenvalue weighted by molar-refractivity contribution is 5.74. The van der Waals surface area contributed by atoms with Crippen LogP contribution in [0.25, 0.3) is 11.1 Å². The van der Waals surface area contributed by atoms with Crippen molar-refractivity contribution < 1.29 is 9.53 Å². The van der Waals surface area contributed by atoms with E-state index in [2.05, 4.69) is 19.1 Å². The van der Waals surface area contributed by atoms with Crippen LogP contribution in [-0.2, 0) is 4.79 Å². The number of carbonyl (C=O) groups is 1. The van der Waals surface area contributed by atoms with Gasteiger partial charge in [-0.15, -0.1) is 0 Å². The minimum absolute atomic E-state index is 0.0974. The van der Waals surface area contributed by atoms with Crippen LogP contribution in [0.4, 0.5) is 0 Å². The molecular formula is C21H24O2. The SMILES string of the molecule is Cc1ccc(OC(=O)CC2CCCCC2)cc1-c1ccccc1. The Morgan fingerprint density at radius 2 is 1.78 bits per heavy atom. The van der Waals surface area contributed by atoms with Gasteiger partial charge in [-0.2, -0.15) is 0 Å². The average molecular weight is 308 g/mol. The Balaban J connectivity index is 1.69. The highest BCUT2D eigenvalue weighted by atomic mass is 16.5. The van der Waals surface area contributed by atoms with Crippen molar-refractivity contribution in [3.05, 3.63) is 54.1 Å². The van der Waals surface area contributed by atoms with Crippen molar-refractivity contribution in [2.24, 2.45) is 5.92 Å². The summed E-state index contributed by atoms with van der Waals surface area (Å²) in [5.41, 5.74) is 3.45. The van der Waals surface area contributed by atoms with Gasteiger partial charge in [-0.25, -0.2) is 0 Å². The smallest absolute Gasteiger partial charge is 0.311 e. The summed E-state index contributed by atoms with van der Waals surface area (Å²) in [6, 6.07) is 16.1. The largest absolute Gasteiger partial charge is 0.426 e. The zero-order valence-corrected chi connectivity index (χ0v) is 13.8. The van der Waals surface area contributed by atoms with Gasteiger partial charge < -0.3 is 4.74 Å². The quantitative estimate of drug-likeness (QED) is 0.547. The van der Waals surface area contributed by atoms with E-state index in [1.807, 2.05) is 36.4 Å². The van der Waals surface area contributed by atoms with Crippen LogP contribution in [0.3, 0.4) is 0 Å². The van der Waals surface area contributed by atoms with Gasteiger partial charge in [0.1, 0.15) is 5.75 Å². The maximum absolute atomic E-state index is 12.2. The Hall–Kier alpha value is -2.09. The lowest BCUT2D eigenvalue weighted by molar-refractivity contribution is -0.135. The maximum atomic E-state index is 12.2. The molecule has 0 aliphatic heterocycles. The van der Waals surface area contributed by atoms with Crippen molar-refractivity contribution in [2.45, 2.75) is 45.4 Å². The van der Waals surface area contributed by atoms with Gasteiger partial charge in [-0.3, -0.25) is 4.79 Å². The van der Waals surface area contributed by atoms with E-state index < -0.39 is 0 Å². The first-order valence-corrected chi connectivity index (χ1v) is 8.59. The topological polar surface area (TPSA) is 26.3 Å². The number of hydrogen-bond acceptors (Lipinski definition) is 2. The van der Waals surface area contributed by atoms with E-state index in [1.165, 1.54) is 24.8 Å². The Morgan fingerprint density at radius 3 is 2.52 bits per heavy atom. The number of rotatable bonds is 4. The Bertz CT molecular complexity index is 655. The van der Waals surface area contributed by atoms with Crippen LogP contribution in [0.15, 0.2) is 48.5 Å². The lowest BCUT2D eigenvalue weighted by atomic mass is 9.87. The highest BCUT2D eigenvalue weighted by Crippen LogP contribution is 2.29. The summed E-state index contributed by atoms with van der Waals surface area (Å²) in [6.45, 7) is 2.08. The minimum Gasteiger partial charge on any atom is -0.426 e. The van der Waals surface area contributed by atoms with Crippen LogP contribution in [0.5, 0.6) is 5.75 Å². The van der Waals surface area contributed by atoms with Crippen molar-refractivity contribution in [2.75, 3.05) is 0 Å². The fraction of sp³-hybridized carbons (Fsp3) is 0.381. The Kier molecular flexibility index (Phi) is 5.12. The Labute approximate surface area is 138 Å². The summed E-state index contributed by atoms with van der Waals surface area (Å²) in [7, 11) is 0. The van der Waals surface area contributed by atoms with Gasteiger partial charge in [0.15, 0.2) is 0 Å². The summed E-state index contributed by atoms with van der Waals surface area (Å²) in [6.07, 6.45) is 6.69. The predicted molar refractivity (Wildman–Crippen MR) is 93.4 cm³/mol. The minimum atomic E-state index is -0.0974. The van der Waals surface area contributed by atoms with Crippen LogP contribution in [0, 0.1) is 12.8 Å². The molecule has 23 heavy (non-hydrogen) atoms. The van der Waals surface area contributed by atoms with Gasteiger partial charge in [-0.1, -0.05) is 55.7 Å². The van der Waals surface area contributed by atoms with Gasteiger partial charge in [-0.05, 0) is 54.5 Å². The van der Waals surface area contributed by atoms with Crippen molar-refractivity contribution in [3.63, 3.8) is 0 Å². The molecule has 1 saturated carbocycles. The molecule has 0 saturated heterocycles. The summed E-state index contributed by atoms with van der Waals surface area (Å²) in [5, 5.41) is 0. The third-order valence-corrected chi connectivity index (χ3v) is 4.71. The molecule has 1 aliphatic rings. The summed E-state index contributed by atoms with van der Waals surface area (Å²) in [5.74, 6) is 1.06. The summed E-state index contributed by atoms with van der Waals surface area (Å²) < 4.78 is 5.60. The van der Waals surface area contributed by atoms with Crippen LogP contribution in [-0.4, -0.2) is 5.97 Å². The fourth-order valence-electron chi connectivity index (χ4n) is 3.39. The molecule has 0 spiro atoms. The molecule has 120 valence electrons. The molecule has 2 aromatic rings. The maximum Gasteiger partial charge on any atom is 0.311 e. The van der Waals surface area contributed by atoms with E-state index >= 15 is 0 Å². The van der Waals surface area contributed by atoms with E-state index in [0.29, 0.717) is 18.1 Å². The highest BCUT2D eigenvalue weighted by Gasteiger charge is 2.18. The molecule has 0 atom stereocenters. The van der Waals surface area contributed by atoms with Crippen LogP contribution >= 0.6 is 0 Å². The number of benzene rings is 2. The zero-order valence-electron chi connectivity index (χ0n) is 13.8. The van der Waals surface area contributed by atoms with Crippen molar-refractivity contribution >= 4 is 5.97 Å². The number of ether oxygens (including phenoxy) is 1. The summed E-state index contributed by atoms with van der Waals surface area (Å²) >= 11 is 0. The zero-order chi connectivity index (χ0) is 16.1. The van der Waals surface area contributed by atoms with Gasteiger partial charge in [0, 0.05) is 6.42 Å². The molecule has 0 aromatic heterocycles. The lowest BCUT2D eigenvalue weighted by Crippen LogP contribution is -2.16. The number of esters is 1. The first-order valence-electron chi connectivity index (χ1n) is 8.59. The van der Waals surface area contributed by atoms with Crippen molar-refractivity contribution in [1.29, 1.82) is 0 Å². The second-order valence-electron chi connectivity index (χ2n) is 6.52. The van der Waals surface area contributed by atoms with E-state index in [0.717, 1.165) is 24.0 Å². The monoisotopic (exact) mass is 308 g/mol. The molecule has 1 aliphatic carbocycles. The van der Waals surface area contributed by atoms with Crippen LogP contribution in [0.1, 0.15) is 44.1 Å². The molecule has 3 rings (SSSR count). The van der Waals surface area contributed by atoms with Crippen molar-refractivity contribution in [1.82, 2.24) is 0 Å². The predicted octanol–water partition coefficient (Wildman–Crippen LogP) is 5.54. The van der Waals surface area contributed by atoms with Gasteiger partial charge in [0.2, 0.25) is 0 Å². The third-order valence-electron chi connectivity index (χ3n) is 4.71. The second kappa shape index (κ2) is 7.45. The number of hydrogen-bond donors (Lipinski definition) is 0. The molecule has 2 nitrogen and oxygen atoms in total. The molecular weight excluding hydrogens is 284 g/mol. The molecule has 0 heterocycles. The normalized spacial score (nSPS) is 15.3. The number of carbonyl (C=O) groups excluding carboxylic acids is 1. The van der Waals surface area contributed by atoms with Crippen molar-refractivity contribution in [3.8, 4) is 16.9 Å². The average Bonchev–Trinajstić information content (AvgIpc) is 2.58. The summed E-state index contributed by atoms with van der Waals surface area (Å²) in [4.78, 5) is 12.2. The standard InChI is InChI=1S/C21H24O2/c1-16-12-13-19(15-20(16)18-10-6-3-7-11-18)23-21(22)14-17-8-4-2-5-9-17/h3,6-7,10-13,15,17H,2,4-5,8-9,14H2,1H3. The van der Waals surface area contributed by atoms with Gasteiger partial charge in [0.25, 0.3) is 0 Å². The molecule has 0 amide bonds. The second-order valence-corrected chi connectivity index (χ2v) is 6.52. The third kappa shape index (κ3) is 4.22. The Morgan fingerprint density at radius 1 is 1.04 bits per heavy atom.